The van der Waals surface area contributed by atoms with Gasteiger partial charge in [-0.15, -0.1) is 12.4 Å². The summed E-state index contributed by atoms with van der Waals surface area (Å²) in [6.45, 7) is 2.54. The SMILES string of the molecule is COCCNCCNC(=O)c1cn(-c2ccccc2)nc1-c1ccccc1OC.Cl. The molecule has 0 aliphatic rings. The van der Waals surface area contributed by atoms with Gasteiger partial charge in [0.2, 0.25) is 0 Å². The molecule has 160 valence electrons. The summed E-state index contributed by atoms with van der Waals surface area (Å²) >= 11 is 0. The lowest BCUT2D eigenvalue weighted by molar-refractivity contribution is 0.0954. The number of rotatable bonds is 10. The Morgan fingerprint density at radius 3 is 2.47 bits per heavy atom. The second-order valence-electron chi connectivity index (χ2n) is 6.37. The molecule has 0 bridgehead atoms. The van der Waals surface area contributed by atoms with Gasteiger partial charge in [0.15, 0.2) is 0 Å². The van der Waals surface area contributed by atoms with Crippen LogP contribution in [0.1, 0.15) is 10.4 Å². The first-order valence-electron chi connectivity index (χ1n) is 9.51. The van der Waals surface area contributed by atoms with Gasteiger partial charge in [0.05, 0.1) is 25.0 Å². The number of benzene rings is 2. The molecule has 1 amide bonds. The molecule has 0 fully saturated rings. The molecule has 0 saturated carbocycles. The molecule has 0 unspecified atom stereocenters. The topological polar surface area (TPSA) is 77.4 Å². The highest BCUT2D eigenvalue weighted by molar-refractivity contribution is 6.00. The summed E-state index contributed by atoms with van der Waals surface area (Å²) in [6.07, 6.45) is 1.75. The number of ether oxygens (including phenoxy) is 2. The van der Waals surface area contributed by atoms with Crippen molar-refractivity contribution < 1.29 is 14.3 Å². The Morgan fingerprint density at radius 2 is 1.73 bits per heavy atom. The highest BCUT2D eigenvalue weighted by Gasteiger charge is 2.20. The molecule has 0 spiro atoms. The van der Waals surface area contributed by atoms with Crippen LogP contribution in [0.25, 0.3) is 16.9 Å². The third-order valence-electron chi connectivity index (χ3n) is 4.41. The minimum Gasteiger partial charge on any atom is -0.496 e. The average Bonchev–Trinajstić information content (AvgIpc) is 3.22. The second-order valence-corrected chi connectivity index (χ2v) is 6.37. The van der Waals surface area contributed by atoms with E-state index < -0.39 is 0 Å². The molecular weight excluding hydrogens is 404 g/mol. The molecule has 0 saturated heterocycles. The van der Waals surface area contributed by atoms with Gasteiger partial charge in [0.1, 0.15) is 11.4 Å². The number of para-hydroxylation sites is 2. The fraction of sp³-hybridized carbons (Fsp3) is 0.273. The maximum Gasteiger partial charge on any atom is 0.255 e. The van der Waals surface area contributed by atoms with E-state index in [4.69, 9.17) is 14.6 Å². The van der Waals surface area contributed by atoms with Crippen LogP contribution in [0.4, 0.5) is 0 Å². The van der Waals surface area contributed by atoms with Gasteiger partial charge >= 0.3 is 0 Å². The van der Waals surface area contributed by atoms with E-state index in [-0.39, 0.29) is 18.3 Å². The van der Waals surface area contributed by atoms with E-state index in [1.807, 2.05) is 54.6 Å². The van der Waals surface area contributed by atoms with E-state index in [1.165, 1.54) is 0 Å². The van der Waals surface area contributed by atoms with Gasteiger partial charge in [-0.1, -0.05) is 30.3 Å². The number of hydrogen-bond acceptors (Lipinski definition) is 5. The van der Waals surface area contributed by atoms with Crippen molar-refractivity contribution in [3.63, 3.8) is 0 Å². The van der Waals surface area contributed by atoms with Crippen molar-refractivity contribution in [1.29, 1.82) is 0 Å². The van der Waals surface area contributed by atoms with Crippen LogP contribution in [0.2, 0.25) is 0 Å². The Morgan fingerprint density at radius 1 is 1.00 bits per heavy atom. The Hall–Kier alpha value is -2.87. The summed E-state index contributed by atoms with van der Waals surface area (Å²) in [5.74, 6) is 0.489. The van der Waals surface area contributed by atoms with Crippen molar-refractivity contribution in [2.45, 2.75) is 0 Å². The molecule has 0 atom stereocenters. The Balaban J connectivity index is 0.00000320. The summed E-state index contributed by atoms with van der Waals surface area (Å²) in [5, 5.41) is 10.9. The molecule has 1 heterocycles. The zero-order chi connectivity index (χ0) is 20.5. The van der Waals surface area contributed by atoms with Crippen molar-refractivity contribution in [2.75, 3.05) is 40.5 Å². The number of nitrogens with one attached hydrogen (secondary N) is 2. The Labute approximate surface area is 182 Å². The van der Waals surface area contributed by atoms with Crippen LogP contribution in [0.15, 0.2) is 60.8 Å². The summed E-state index contributed by atoms with van der Waals surface area (Å²) in [4.78, 5) is 12.9. The van der Waals surface area contributed by atoms with Crippen LogP contribution in [-0.2, 0) is 4.74 Å². The number of halogens is 1. The van der Waals surface area contributed by atoms with Gasteiger partial charge in [0, 0.05) is 38.5 Å². The molecule has 1 aromatic heterocycles. The number of carbonyl (C=O) groups is 1. The molecule has 2 N–H and O–H groups in total. The highest BCUT2D eigenvalue weighted by Crippen LogP contribution is 2.31. The van der Waals surface area contributed by atoms with Gasteiger partial charge < -0.3 is 20.1 Å². The summed E-state index contributed by atoms with van der Waals surface area (Å²) in [6, 6.07) is 17.3. The smallest absolute Gasteiger partial charge is 0.255 e. The van der Waals surface area contributed by atoms with E-state index in [0.717, 1.165) is 17.8 Å². The number of amides is 1. The average molecular weight is 431 g/mol. The van der Waals surface area contributed by atoms with E-state index in [1.54, 1.807) is 25.1 Å². The van der Waals surface area contributed by atoms with Gasteiger partial charge in [-0.3, -0.25) is 4.79 Å². The Bertz CT molecular complexity index is 931. The van der Waals surface area contributed by atoms with Crippen molar-refractivity contribution >= 4 is 18.3 Å². The number of nitrogens with zero attached hydrogens (tertiary/aromatic N) is 2. The van der Waals surface area contributed by atoms with Crippen LogP contribution in [0, 0.1) is 0 Å². The van der Waals surface area contributed by atoms with Crippen molar-refractivity contribution in [3.8, 4) is 22.7 Å². The van der Waals surface area contributed by atoms with Crippen molar-refractivity contribution in [2.24, 2.45) is 0 Å². The van der Waals surface area contributed by atoms with Gasteiger partial charge in [-0.25, -0.2) is 4.68 Å². The quantitative estimate of drug-likeness (QED) is 0.483. The predicted molar refractivity (Wildman–Crippen MR) is 120 cm³/mol. The third-order valence-corrected chi connectivity index (χ3v) is 4.41. The predicted octanol–water partition coefficient (Wildman–Crippen LogP) is 2.94. The minimum atomic E-state index is -0.179. The molecule has 3 aromatic rings. The molecule has 2 aromatic carbocycles. The first kappa shape index (κ1) is 23.4. The second kappa shape index (κ2) is 12.0. The lowest BCUT2D eigenvalue weighted by Crippen LogP contribution is -2.33. The maximum absolute atomic E-state index is 12.9. The van der Waals surface area contributed by atoms with Crippen LogP contribution < -0.4 is 15.4 Å². The monoisotopic (exact) mass is 430 g/mol. The Kier molecular flexibility index (Phi) is 9.34. The fourth-order valence-corrected chi connectivity index (χ4v) is 2.95. The number of carbonyl (C=O) groups excluding carboxylic acids is 1. The fourth-order valence-electron chi connectivity index (χ4n) is 2.95. The van der Waals surface area contributed by atoms with E-state index in [9.17, 15) is 4.79 Å². The molecule has 7 nitrogen and oxygen atoms in total. The largest absolute Gasteiger partial charge is 0.496 e. The van der Waals surface area contributed by atoms with Crippen LogP contribution in [0.3, 0.4) is 0 Å². The first-order valence-corrected chi connectivity index (χ1v) is 9.51. The molecule has 3 rings (SSSR count). The van der Waals surface area contributed by atoms with E-state index in [2.05, 4.69) is 10.6 Å². The van der Waals surface area contributed by atoms with Crippen LogP contribution >= 0.6 is 12.4 Å². The van der Waals surface area contributed by atoms with E-state index in [0.29, 0.717) is 36.7 Å². The van der Waals surface area contributed by atoms with Gasteiger partial charge in [-0.2, -0.15) is 5.10 Å². The van der Waals surface area contributed by atoms with Gasteiger partial charge in [-0.05, 0) is 24.3 Å². The molecule has 0 radical (unpaired) electrons. The molecule has 8 heteroatoms. The summed E-state index contributed by atoms with van der Waals surface area (Å²) in [7, 11) is 3.27. The third kappa shape index (κ3) is 5.82. The van der Waals surface area contributed by atoms with Crippen molar-refractivity contribution in [1.82, 2.24) is 20.4 Å². The first-order chi connectivity index (χ1) is 14.2. The molecule has 0 aliphatic heterocycles. The van der Waals surface area contributed by atoms with Crippen molar-refractivity contribution in [3.05, 3.63) is 66.4 Å². The zero-order valence-corrected chi connectivity index (χ0v) is 17.9. The maximum atomic E-state index is 12.9. The minimum absolute atomic E-state index is 0. The van der Waals surface area contributed by atoms with Crippen LogP contribution in [-0.4, -0.2) is 56.1 Å². The lowest BCUT2D eigenvalue weighted by Gasteiger charge is -2.09. The van der Waals surface area contributed by atoms with Gasteiger partial charge in [0.25, 0.3) is 5.91 Å². The number of methoxy groups -OCH3 is 2. The van der Waals surface area contributed by atoms with E-state index >= 15 is 0 Å². The molecular formula is C22H27ClN4O3. The number of hydrogen-bond donors (Lipinski definition) is 2. The summed E-state index contributed by atoms with van der Waals surface area (Å²) in [5.41, 5.74) is 2.73. The standard InChI is InChI=1S/C22H26N4O3.ClH/c1-28-15-14-23-12-13-24-22(27)19-16-26(17-8-4-3-5-9-17)25-21(19)18-10-6-7-11-20(18)29-2;/h3-11,16,23H,12-15H2,1-2H3,(H,24,27);1H. The normalized spacial score (nSPS) is 10.3. The molecule has 0 aliphatic carbocycles. The van der Waals surface area contributed by atoms with Crippen LogP contribution in [0.5, 0.6) is 5.75 Å². The highest BCUT2D eigenvalue weighted by atomic mass is 35.5. The summed E-state index contributed by atoms with van der Waals surface area (Å²) < 4.78 is 12.2. The molecule has 30 heavy (non-hydrogen) atoms. The zero-order valence-electron chi connectivity index (χ0n) is 17.1. The lowest BCUT2D eigenvalue weighted by atomic mass is 10.1. The number of aromatic nitrogens is 2.